The molecule has 0 atom stereocenters. The molecule has 2 aromatic carbocycles. The van der Waals surface area contributed by atoms with E-state index in [9.17, 15) is 35.9 Å². The molecule has 5 rings (SSSR count). The lowest BCUT2D eigenvalue weighted by Gasteiger charge is -2.16. The zero-order valence-electron chi connectivity index (χ0n) is 21.6. The van der Waals surface area contributed by atoms with E-state index in [0.717, 1.165) is 6.33 Å². The van der Waals surface area contributed by atoms with Crippen molar-refractivity contribution in [3.05, 3.63) is 112 Å². The van der Waals surface area contributed by atoms with Gasteiger partial charge in [0, 0.05) is 36.5 Å². The van der Waals surface area contributed by atoms with E-state index in [2.05, 4.69) is 15.1 Å². The normalized spacial score (nSPS) is 12.0. The van der Waals surface area contributed by atoms with Gasteiger partial charge in [0.25, 0.3) is 0 Å². The van der Waals surface area contributed by atoms with Crippen LogP contribution in [0, 0.1) is 0 Å². The lowest BCUT2D eigenvalue weighted by Crippen LogP contribution is -2.13. The average molecular weight is 619 g/mol. The second kappa shape index (κ2) is 11.5. The van der Waals surface area contributed by atoms with E-state index in [1.807, 2.05) is 0 Å². The summed E-state index contributed by atoms with van der Waals surface area (Å²) in [6.45, 7) is -0.514. The second-order valence-corrected chi connectivity index (χ2v) is 9.65. The maximum absolute atomic E-state index is 14.1. The van der Waals surface area contributed by atoms with Crippen LogP contribution in [0.2, 0.25) is 5.02 Å². The molecule has 0 N–H and O–H groups in total. The van der Waals surface area contributed by atoms with E-state index in [1.54, 1.807) is 30.3 Å². The predicted octanol–water partition coefficient (Wildman–Crippen LogP) is 7.31. The minimum Gasteiger partial charge on any atom is -0.355 e. The zero-order chi connectivity index (χ0) is 30.9. The topological polar surface area (TPSA) is 90.9 Å². The largest absolute Gasteiger partial charge is 0.416 e. The van der Waals surface area contributed by atoms with Crippen LogP contribution in [-0.2, 0) is 30.1 Å². The first-order valence-electron chi connectivity index (χ1n) is 12.3. The van der Waals surface area contributed by atoms with E-state index in [0.29, 0.717) is 29.5 Å². The summed E-state index contributed by atoms with van der Waals surface area (Å²) in [5.41, 5.74) is -3.06. The number of carbonyl (C=O) groups excluding carboxylic acids is 2. The van der Waals surface area contributed by atoms with Crippen molar-refractivity contribution in [3.63, 3.8) is 0 Å². The fourth-order valence-electron chi connectivity index (χ4n) is 4.50. The molecule has 3 heterocycles. The first kappa shape index (κ1) is 29.7. The Hall–Kier alpha value is -4.78. The lowest BCUT2D eigenvalue weighted by atomic mass is 9.98. The molecule has 0 saturated heterocycles. The average Bonchev–Trinajstić information content (AvgIpc) is 3.57. The fraction of sp³-hybridized carbons (Fsp3) is 0.138. The van der Waals surface area contributed by atoms with Gasteiger partial charge in [-0.05, 0) is 48.0 Å². The summed E-state index contributed by atoms with van der Waals surface area (Å²) in [6, 6.07) is 10.7. The number of alkyl halides is 6. The van der Waals surface area contributed by atoms with E-state index < -0.39 is 35.8 Å². The van der Waals surface area contributed by atoms with Crippen molar-refractivity contribution in [2.75, 3.05) is 0 Å². The van der Waals surface area contributed by atoms with Gasteiger partial charge < -0.3 is 13.9 Å². The van der Waals surface area contributed by atoms with Crippen molar-refractivity contribution in [2.24, 2.45) is 0 Å². The van der Waals surface area contributed by atoms with E-state index in [1.165, 1.54) is 23.0 Å². The summed E-state index contributed by atoms with van der Waals surface area (Å²) in [4.78, 5) is 33.7. The maximum Gasteiger partial charge on any atom is 0.416 e. The van der Waals surface area contributed by atoms with Gasteiger partial charge in [0.15, 0.2) is 5.76 Å². The summed E-state index contributed by atoms with van der Waals surface area (Å²) in [5, 5.41) is 4.08. The van der Waals surface area contributed by atoms with Gasteiger partial charge in [-0.1, -0.05) is 28.9 Å². The summed E-state index contributed by atoms with van der Waals surface area (Å²) in [5.74, 6) is -0.822. The highest BCUT2D eigenvalue weighted by Gasteiger charge is 2.37. The molecule has 0 amide bonds. The molecule has 0 bridgehead atoms. The Labute approximate surface area is 243 Å². The minimum atomic E-state index is -5.05. The fourth-order valence-corrected chi connectivity index (χ4v) is 4.73. The number of hydrogen-bond donors (Lipinski definition) is 0. The minimum absolute atomic E-state index is 0.0192. The summed E-state index contributed by atoms with van der Waals surface area (Å²) < 4.78 is 87.7. The van der Waals surface area contributed by atoms with Crippen molar-refractivity contribution < 1.29 is 40.5 Å². The molecule has 0 radical (unpaired) electrons. The van der Waals surface area contributed by atoms with Crippen LogP contribution in [0.4, 0.5) is 26.3 Å². The predicted molar refractivity (Wildman–Crippen MR) is 141 cm³/mol. The SMILES string of the molecule is O=CCc1noc(-c2ccccc2Cl)c1C(=O)c1ncn(Cc2cc(C(F)(F)F)cc(C(F)(F)F)c2)c1-c1cccnc1. The van der Waals surface area contributed by atoms with Gasteiger partial charge >= 0.3 is 12.4 Å². The van der Waals surface area contributed by atoms with Gasteiger partial charge in [-0.25, -0.2) is 4.98 Å². The molecular weight excluding hydrogens is 602 g/mol. The Morgan fingerprint density at radius 1 is 0.977 bits per heavy atom. The number of halogens is 7. The number of nitrogens with zero attached hydrogens (tertiary/aromatic N) is 4. The van der Waals surface area contributed by atoms with Crippen molar-refractivity contribution in [3.8, 4) is 22.6 Å². The van der Waals surface area contributed by atoms with Crippen LogP contribution in [0.25, 0.3) is 22.6 Å². The Kier molecular flexibility index (Phi) is 7.93. The molecule has 0 spiro atoms. The van der Waals surface area contributed by atoms with Crippen LogP contribution in [0.15, 0.2) is 77.8 Å². The first-order chi connectivity index (χ1) is 20.4. The van der Waals surface area contributed by atoms with Crippen LogP contribution in [0.3, 0.4) is 0 Å². The Morgan fingerprint density at radius 3 is 2.28 bits per heavy atom. The third kappa shape index (κ3) is 6.07. The summed E-state index contributed by atoms with van der Waals surface area (Å²) >= 11 is 6.32. The number of aromatic nitrogens is 4. The molecule has 0 aliphatic carbocycles. The smallest absolute Gasteiger partial charge is 0.355 e. The number of aldehydes is 1. The molecule has 0 aliphatic heterocycles. The molecule has 0 saturated carbocycles. The van der Waals surface area contributed by atoms with Crippen molar-refractivity contribution in [1.29, 1.82) is 0 Å². The van der Waals surface area contributed by atoms with Gasteiger partial charge in [-0.15, -0.1) is 0 Å². The number of hydrogen-bond acceptors (Lipinski definition) is 6. The number of imidazole rings is 1. The molecule has 0 unspecified atom stereocenters. The van der Waals surface area contributed by atoms with Gasteiger partial charge in [0.05, 0.1) is 33.7 Å². The van der Waals surface area contributed by atoms with Crippen LogP contribution in [0.5, 0.6) is 0 Å². The van der Waals surface area contributed by atoms with Crippen LogP contribution in [0.1, 0.15) is 38.4 Å². The van der Waals surface area contributed by atoms with Gasteiger partial charge in [-0.3, -0.25) is 9.78 Å². The highest BCUT2D eigenvalue weighted by atomic mass is 35.5. The molecular formula is C29H17ClF6N4O3. The maximum atomic E-state index is 14.1. The number of benzene rings is 2. The Bertz CT molecular complexity index is 1780. The van der Waals surface area contributed by atoms with E-state index >= 15 is 0 Å². The number of pyridine rings is 1. The van der Waals surface area contributed by atoms with E-state index in [4.69, 9.17) is 16.1 Å². The number of carbonyl (C=O) groups is 2. The molecule has 43 heavy (non-hydrogen) atoms. The molecule has 14 heteroatoms. The van der Waals surface area contributed by atoms with Gasteiger partial charge in [0.1, 0.15) is 17.7 Å². The highest BCUT2D eigenvalue weighted by Crippen LogP contribution is 2.38. The van der Waals surface area contributed by atoms with Crippen molar-refractivity contribution in [1.82, 2.24) is 19.7 Å². The lowest BCUT2D eigenvalue weighted by molar-refractivity contribution is -0.143. The first-order valence-corrected chi connectivity index (χ1v) is 12.7. The molecule has 7 nitrogen and oxygen atoms in total. The molecule has 220 valence electrons. The highest BCUT2D eigenvalue weighted by molar-refractivity contribution is 6.33. The number of ketones is 1. The Morgan fingerprint density at radius 2 is 1.67 bits per heavy atom. The molecule has 0 aliphatic rings. The van der Waals surface area contributed by atoms with Crippen molar-refractivity contribution in [2.45, 2.75) is 25.3 Å². The summed E-state index contributed by atoms with van der Waals surface area (Å²) in [7, 11) is 0. The van der Waals surface area contributed by atoms with Gasteiger partial charge in [-0.2, -0.15) is 26.3 Å². The van der Waals surface area contributed by atoms with Crippen molar-refractivity contribution >= 4 is 23.7 Å². The van der Waals surface area contributed by atoms with Crippen LogP contribution < -0.4 is 0 Å². The van der Waals surface area contributed by atoms with E-state index in [-0.39, 0.29) is 51.5 Å². The van der Waals surface area contributed by atoms with Crippen LogP contribution in [-0.4, -0.2) is 31.8 Å². The third-order valence-corrected chi connectivity index (χ3v) is 6.70. The number of rotatable bonds is 8. The Balaban J connectivity index is 1.67. The quantitative estimate of drug-likeness (QED) is 0.103. The standard InChI is InChI=1S/C29H17ClF6N4O3/c30-21-6-2-1-5-20(21)27-23(22(7-9-41)39-43-27)26(42)24-25(17-4-3-8-37-13-17)40(15-38-24)14-16-10-18(28(31,32)33)12-19(11-16)29(34,35)36/h1-6,8-13,15H,7,14H2. The molecule has 3 aromatic heterocycles. The third-order valence-electron chi connectivity index (χ3n) is 6.37. The van der Waals surface area contributed by atoms with Gasteiger partial charge in [0.2, 0.25) is 5.78 Å². The summed E-state index contributed by atoms with van der Waals surface area (Å²) in [6.07, 6.45) is -5.98. The monoisotopic (exact) mass is 618 g/mol. The van der Waals surface area contributed by atoms with Crippen LogP contribution >= 0.6 is 11.6 Å². The zero-order valence-corrected chi connectivity index (χ0v) is 22.3. The molecule has 5 aromatic rings. The second-order valence-electron chi connectivity index (χ2n) is 9.24. The molecule has 0 fully saturated rings.